The lowest BCUT2D eigenvalue weighted by atomic mass is 9.54. The minimum Gasteiger partial charge on any atom is -0.236 e. The lowest BCUT2D eigenvalue weighted by Gasteiger charge is -2.51. The zero-order valence-corrected chi connectivity index (χ0v) is 42.5. The van der Waals surface area contributed by atoms with Crippen molar-refractivity contribution in [2.45, 2.75) is 297 Å². The molecule has 2 fully saturated rings. The molecular formula is C58H110O4. The highest BCUT2D eigenvalue weighted by Crippen LogP contribution is 2.54. The second kappa shape index (κ2) is 41.7. The summed E-state index contributed by atoms with van der Waals surface area (Å²) >= 11 is 0. The van der Waals surface area contributed by atoms with E-state index in [2.05, 4.69) is 40.9 Å². The first-order chi connectivity index (χ1) is 30.6. The number of hydrogen-bond donors (Lipinski definition) is 0. The van der Waals surface area contributed by atoms with Crippen LogP contribution in [0.2, 0.25) is 0 Å². The summed E-state index contributed by atoms with van der Waals surface area (Å²) in [5, 5.41) is 0. The number of hydrogen-bond acceptors (Lipinski definition) is 4. The average Bonchev–Trinajstić information content (AvgIpc) is 3.28. The predicted octanol–water partition coefficient (Wildman–Crippen LogP) is 19.4. The molecule has 0 bridgehead atoms. The minimum absolute atomic E-state index is 0.170. The Morgan fingerprint density at radius 3 is 1.29 bits per heavy atom. The van der Waals surface area contributed by atoms with E-state index in [1.165, 1.54) is 205 Å². The van der Waals surface area contributed by atoms with Crippen LogP contribution < -0.4 is 0 Å². The fourth-order valence-corrected chi connectivity index (χ4v) is 11.7. The Balaban J connectivity index is 1.84. The van der Waals surface area contributed by atoms with Gasteiger partial charge < -0.3 is 0 Å². The summed E-state index contributed by atoms with van der Waals surface area (Å²) in [5.74, 6) is 5.93. The molecule has 0 N–H and O–H groups in total. The Morgan fingerprint density at radius 2 is 0.806 bits per heavy atom. The number of unbranched alkanes of at least 4 members (excludes halogenated alkanes) is 22. The molecule has 2 saturated carbocycles. The van der Waals surface area contributed by atoms with Crippen LogP contribution in [0.25, 0.3) is 0 Å². The molecule has 0 aromatic rings. The van der Waals surface area contributed by atoms with E-state index in [1.54, 1.807) is 12.8 Å². The molecule has 0 aromatic carbocycles. The Kier molecular flexibility index (Phi) is 38.7. The molecule has 8 unspecified atom stereocenters. The molecule has 0 heterocycles. The van der Waals surface area contributed by atoms with Crippen LogP contribution in [0.4, 0.5) is 0 Å². The van der Waals surface area contributed by atoms with Crippen molar-refractivity contribution in [3.8, 4) is 0 Å². The van der Waals surface area contributed by atoms with Gasteiger partial charge in [-0.15, -0.1) is 13.2 Å². The smallest absolute Gasteiger partial charge is 0.0964 e. The Bertz CT molecular complexity index is 967. The molecule has 2 rings (SSSR count). The van der Waals surface area contributed by atoms with Crippen LogP contribution in [0.3, 0.4) is 0 Å². The van der Waals surface area contributed by atoms with E-state index in [0.717, 1.165) is 87.2 Å². The van der Waals surface area contributed by atoms with Crippen LogP contribution in [-0.4, -0.2) is 25.4 Å². The zero-order valence-electron chi connectivity index (χ0n) is 42.5. The van der Waals surface area contributed by atoms with Crippen molar-refractivity contribution in [3.63, 3.8) is 0 Å². The SMILES string of the molecule is C=CCC(CCCCCCC)OOCCCCCCCC1CCC2CC(CCCCCC)C(CCCCCC)CC2C1CCCCCCCOOC(CC=C)CCCCCCC. The third-order valence-electron chi connectivity index (χ3n) is 15.5. The van der Waals surface area contributed by atoms with Crippen LogP contribution in [0.1, 0.15) is 285 Å². The highest BCUT2D eigenvalue weighted by molar-refractivity contribution is 4.94. The van der Waals surface area contributed by atoms with Crippen molar-refractivity contribution in [1.29, 1.82) is 0 Å². The molecule has 0 aliphatic heterocycles. The van der Waals surface area contributed by atoms with Gasteiger partial charge in [-0.3, -0.25) is 0 Å². The van der Waals surface area contributed by atoms with Gasteiger partial charge in [0.2, 0.25) is 0 Å². The Labute approximate surface area is 388 Å². The number of fused-ring (bicyclic) bond motifs is 1. The summed E-state index contributed by atoms with van der Waals surface area (Å²) in [6, 6.07) is 0. The summed E-state index contributed by atoms with van der Waals surface area (Å²) in [6.45, 7) is 18.7. The van der Waals surface area contributed by atoms with E-state index in [1.807, 2.05) is 12.2 Å². The zero-order chi connectivity index (χ0) is 44.6. The van der Waals surface area contributed by atoms with Crippen LogP contribution in [0.15, 0.2) is 25.3 Å². The normalized spacial score (nSPS) is 22.4. The molecule has 0 aromatic heterocycles. The van der Waals surface area contributed by atoms with E-state index in [4.69, 9.17) is 19.6 Å². The minimum atomic E-state index is 0.170. The van der Waals surface area contributed by atoms with Crippen LogP contribution in [0.5, 0.6) is 0 Å². The number of rotatable bonds is 46. The van der Waals surface area contributed by atoms with Crippen molar-refractivity contribution < 1.29 is 19.6 Å². The van der Waals surface area contributed by atoms with Gasteiger partial charge in [-0.1, -0.05) is 226 Å². The van der Waals surface area contributed by atoms with Gasteiger partial charge in [0.1, 0.15) is 0 Å². The lowest BCUT2D eigenvalue weighted by Crippen LogP contribution is -2.42. The summed E-state index contributed by atoms with van der Waals surface area (Å²) in [7, 11) is 0. The van der Waals surface area contributed by atoms with Crippen molar-refractivity contribution in [2.75, 3.05) is 13.2 Å². The monoisotopic (exact) mass is 871 g/mol. The van der Waals surface area contributed by atoms with Gasteiger partial charge in [0, 0.05) is 0 Å². The lowest BCUT2D eigenvalue weighted by molar-refractivity contribution is -0.325. The maximum Gasteiger partial charge on any atom is 0.0964 e. The van der Waals surface area contributed by atoms with Gasteiger partial charge in [0.15, 0.2) is 0 Å². The summed E-state index contributed by atoms with van der Waals surface area (Å²) in [4.78, 5) is 23.2. The van der Waals surface area contributed by atoms with Crippen molar-refractivity contribution in [3.05, 3.63) is 25.3 Å². The molecule has 0 spiro atoms. The van der Waals surface area contributed by atoms with Gasteiger partial charge in [-0.2, -0.15) is 0 Å². The second-order valence-electron chi connectivity index (χ2n) is 20.8. The highest BCUT2D eigenvalue weighted by atomic mass is 17.2. The summed E-state index contributed by atoms with van der Waals surface area (Å²) in [5.41, 5.74) is 0. The maximum absolute atomic E-state index is 5.86. The van der Waals surface area contributed by atoms with E-state index in [0.29, 0.717) is 0 Å². The van der Waals surface area contributed by atoms with Gasteiger partial charge >= 0.3 is 0 Å². The molecule has 62 heavy (non-hydrogen) atoms. The highest BCUT2D eigenvalue weighted by Gasteiger charge is 2.44. The predicted molar refractivity (Wildman–Crippen MR) is 270 cm³/mol. The third-order valence-corrected chi connectivity index (χ3v) is 15.5. The fraction of sp³-hybridized carbons (Fsp3) is 0.931. The molecule has 366 valence electrons. The summed E-state index contributed by atoms with van der Waals surface area (Å²) in [6.07, 6.45) is 57.9. The van der Waals surface area contributed by atoms with Crippen molar-refractivity contribution >= 4 is 0 Å². The quantitative estimate of drug-likeness (QED) is 0.0264. The molecule has 0 saturated heterocycles. The van der Waals surface area contributed by atoms with E-state index in [-0.39, 0.29) is 12.2 Å². The maximum atomic E-state index is 5.86. The van der Waals surface area contributed by atoms with Gasteiger partial charge in [-0.05, 0) is 106 Å². The fourth-order valence-electron chi connectivity index (χ4n) is 11.7. The second-order valence-corrected chi connectivity index (χ2v) is 20.8. The first-order valence-electron chi connectivity index (χ1n) is 28.4. The molecule has 0 amide bonds. The van der Waals surface area contributed by atoms with Gasteiger partial charge in [0.05, 0.1) is 25.4 Å². The summed E-state index contributed by atoms with van der Waals surface area (Å²) < 4.78 is 0. The van der Waals surface area contributed by atoms with E-state index < -0.39 is 0 Å². The van der Waals surface area contributed by atoms with Crippen LogP contribution >= 0.6 is 0 Å². The third kappa shape index (κ3) is 28.4. The van der Waals surface area contributed by atoms with Crippen LogP contribution in [0, 0.1) is 35.5 Å². The Hall–Kier alpha value is -0.680. The van der Waals surface area contributed by atoms with Crippen molar-refractivity contribution in [2.24, 2.45) is 35.5 Å². The van der Waals surface area contributed by atoms with Crippen molar-refractivity contribution in [1.82, 2.24) is 0 Å². The first kappa shape index (κ1) is 57.4. The van der Waals surface area contributed by atoms with E-state index in [9.17, 15) is 0 Å². The molecule has 8 atom stereocenters. The Morgan fingerprint density at radius 1 is 0.419 bits per heavy atom. The molecular weight excluding hydrogens is 761 g/mol. The molecule has 2 aliphatic rings. The first-order valence-corrected chi connectivity index (χ1v) is 28.4. The topological polar surface area (TPSA) is 36.9 Å². The molecule has 4 nitrogen and oxygen atoms in total. The average molecular weight is 872 g/mol. The molecule has 0 radical (unpaired) electrons. The largest absolute Gasteiger partial charge is 0.236 e. The molecule has 2 aliphatic carbocycles. The molecule has 4 heteroatoms. The van der Waals surface area contributed by atoms with Gasteiger partial charge in [-0.25, -0.2) is 19.6 Å². The standard InChI is InChI=1S/C58H110O4/c1-7-13-17-23-32-42-55(37-11-5)61-59-47-35-27-21-25-31-39-51-45-46-54-49-52(40-29-19-15-9-3)53(41-30-20-16-10-4)50-58(54)57(51)44-34-26-22-28-36-48-60-62-56(38-12-6)43-33-24-18-14-8-2/h11-12,51-58H,5-10,13-50H2,1-4H3. The van der Waals surface area contributed by atoms with Crippen LogP contribution in [-0.2, 0) is 19.6 Å². The van der Waals surface area contributed by atoms with Gasteiger partial charge in [0.25, 0.3) is 0 Å². The van der Waals surface area contributed by atoms with E-state index >= 15 is 0 Å².